The van der Waals surface area contributed by atoms with Crippen molar-refractivity contribution in [2.45, 2.75) is 26.2 Å². The number of likely N-dealkylation sites (tertiary alicyclic amines) is 1. The van der Waals surface area contributed by atoms with Gasteiger partial charge in [0.1, 0.15) is 0 Å². The third kappa shape index (κ3) is 6.32. The third-order valence-corrected chi connectivity index (χ3v) is 5.82. The molecular formula is C22H27N3O4S. The zero-order valence-electron chi connectivity index (χ0n) is 17.2. The maximum absolute atomic E-state index is 12.4. The number of nitrogens with one attached hydrogen (secondary N) is 2. The number of nitrogens with zero attached hydrogens (tertiary/aromatic N) is 1. The Morgan fingerprint density at radius 1 is 1.00 bits per heavy atom. The fraction of sp³-hybridized carbons (Fsp3) is 0.364. The smallest absolute Gasteiger partial charge is 0.324 e. The Morgan fingerprint density at radius 2 is 1.60 bits per heavy atom. The van der Waals surface area contributed by atoms with Gasteiger partial charge in [-0.3, -0.25) is 14.8 Å². The second kappa shape index (κ2) is 9.30. The van der Waals surface area contributed by atoms with Crippen molar-refractivity contribution in [3.05, 3.63) is 65.2 Å². The van der Waals surface area contributed by atoms with Crippen LogP contribution in [0.2, 0.25) is 0 Å². The van der Waals surface area contributed by atoms with E-state index < -0.39 is 22.0 Å². The highest BCUT2D eigenvalue weighted by Crippen LogP contribution is 2.22. The molecule has 3 amide bonds. The zero-order chi connectivity index (χ0) is 21.7. The van der Waals surface area contributed by atoms with E-state index in [-0.39, 0.29) is 5.56 Å². The van der Waals surface area contributed by atoms with Gasteiger partial charge in [0.25, 0.3) is 5.91 Å². The van der Waals surface area contributed by atoms with Gasteiger partial charge in [-0.05, 0) is 61.9 Å². The number of hydrogen-bond acceptors (Lipinski definition) is 4. The van der Waals surface area contributed by atoms with Crippen LogP contribution in [-0.4, -0.2) is 44.6 Å². The molecule has 0 bridgehead atoms. The predicted octanol–water partition coefficient (Wildman–Crippen LogP) is 3.17. The molecule has 1 aliphatic rings. The molecule has 1 fully saturated rings. The number of amides is 3. The second-order valence-electron chi connectivity index (χ2n) is 7.83. The zero-order valence-corrected chi connectivity index (χ0v) is 18.0. The van der Waals surface area contributed by atoms with Crippen LogP contribution >= 0.6 is 0 Å². The Labute approximate surface area is 177 Å². The van der Waals surface area contributed by atoms with Crippen LogP contribution in [0.5, 0.6) is 0 Å². The first-order valence-electron chi connectivity index (χ1n) is 9.93. The van der Waals surface area contributed by atoms with Gasteiger partial charge in [0, 0.05) is 24.3 Å². The molecule has 1 saturated heterocycles. The number of rotatable bonds is 5. The number of carbonyl (C=O) groups excluding carboxylic acids is 2. The van der Waals surface area contributed by atoms with Gasteiger partial charge in [-0.15, -0.1) is 0 Å². The summed E-state index contributed by atoms with van der Waals surface area (Å²) in [6.07, 6.45) is 3.86. The first kappa shape index (κ1) is 21.8. The van der Waals surface area contributed by atoms with E-state index in [1.54, 1.807) is 4.90 Å². The molecule has 1 heterocycles. The van der Waals surface area contributed by atoms with Crippen molar-refractivity contribution < 1.29 is 18.0 Å². The third-order valence-electron chi connectivity index (χ3n) is 5.22. The quantitative estimate of drug-likeness (QED) is 0.763. The Bertz CT molecular complexity index is 994. The average Bonchev–Trinajstić information content (AvgIpc) is 2.69. The molecule has 0 aromatic heterocycles. The van der Waals surface area contributed by atoms with Crippen molar-refractivity contribution in [2.75, 3.05) is 24.1 Å². The number of urea groups is 1. The molecule has 0 aliphatic carbocycles. The van der Waals surface area contributed by atoms with Gasteiger partial charge < -0.3 is 4.90 Å². The summed E-state index contributed by atoms with van der Waals surface area (Å²) >= 11 is 0. The number of hydrogen-bond donors (Lipinski definition) is 2. The minimum Gasteiger partial charge on any atom is -0.324 e. The summed E-state index contributed by atoms with van der Waals surface area (Å²) in [7, 11) is -3.38. The topological polar surface area (TPSA) is 95.6 Å². The lowest BCUT2D eigenvalue weighted by molar-refractivity contribution is 0.0945. The van der Waals surface area contributed by atoms with Crippen LogP contribution in [0.1, 0.15) is 34.3 Å². The van der Waals surface area contributed by atoms with Gasteiger partial charge in [-0.2, -0.15) is 0 Å². The molecule has 8 heteroatoms. The second-order valence-corrected chi connectivity index (χ2v) is 9.58. The van der Waals surface area contributed by atoms with Crippen LogP contribution < -0.4 is 10.0 Å². The maximum Gasteiger partial charge on any atom is 0.324 e. The highest BCUT2D eigenvalue weighted by atomic mass is 32.2. The lowest BCUT2D eigenvalue weighted by Gasteiger charge is -2.32. The molecule has 1 aliphatic heterocycles. The number of sulfonamides is 1. The van der Waals surface area contributed by atoms with Crippen molar-refractivity contribution in [2.24, 2.45) is 5.92 Å². The molecule has 0 radical (unpaired) electrons. The standard InChI is InChI=1S/C22H27N3O4S/c1-16-3-5-17(6-4-16)15-18-11-13-25(14-12-18)22(27)23-21(26)19-7-9-20(10-8-19)24-30(2,28)29/h3-10,18,24H,11-15H2,1-2H3,(H,23,26,27). The van der Waals surface area contributed by atoms with E-state index in [1.807, 2.05) is 0 Å². The molecule has 0 unspecified atom stereocenters. The van der Waals surface area contributed by atoms with Crippen LogP contribution in [0.4, 0.5) is 10.5 Å². The average molecular weight is 430 g/mol. The molecule has 3 rings (SSSR count). The SMILES string of the molecule is Cc1ccc(CC2CCN(C(=O)NC(=O)c3ccc(NS(C)(=O)=O)cc3)CC2)cc1. The minimum atomic E-state index is -3.38. The lowest BCUT2D eigenvalue weighted by Crippen LogP contribution is -2.46. The lowest BCUT2D eigenvalue weighted by atomic mass is 9.90. The van der Waals surface area contributed by atoms with E-state index in [2.05, 4.69) is 41.2 Å². The van der Waals surface area contributed by atoms with Crippen molar-refractivity contribution in [1.29, 1.82) is 0 Å². The number of carbonyl (C=O) groups is 2. The van der Waals surface area contributed by atoms with Crippen molar-refractivity contribution in [3.8, 4) is 0 Å². The van der Waals surface area contributed by atoms with Crippen LogP contribution in [0.3, 0.4) is 0 Å². The molecule has 0 atom stereocenters. The molecule has 160 valence electrons. The summed E-state index contributed by atoms with van der Waals surface area (Å²) in [4.78, 5) is 26.4. The van der Waals surface area contributed by atoms with Crippen LogP contribution in [0.25, 0.3) is 0 Å². The Balaban J connectivity index is 1.48. The highest BCUT2D eigenvalue weighted by Gasteiger charge is 2.24. The molecule has 7 nitrogen and oxygen atoms in total. The highest BCUT2D eigenvalue weighted by molar-refractivity contribution is 7.92. The predicted molar refractivity (Wildman–Crippen MR) is 117 cm³/mol. The Hall–Kier alpha value is -2.87. The number of piperidine rings is 1. The van der Waals surface area contributed by atoms with Gasteiger partial charge in [0.05, 0.1) is 6.26 Å². The monoisotopic (exact) mass is 429 g/mol. The van der Waals surface area contributed by atoms with E-state index in [9.17, 15) is 18.0 Å². The first-order valence-corrected chi connectivity index (χ1v) is 11.8. The minimum absolute atomic E-state index is 0.289. The molecule has 0 spiro atoms. The molecule has 2 N–H and O–H groups in total. The number of aryl methyl sites for hydroxylation is 1. The van der Waals surface area contributed by atoms with E-state index in [4.69, 9.17) is 0 Å². The fourth-order valence-electron chi connectivity index (χ4n) is 3.55. The molecular weight excluding hydrogens is 402 g/mol. The van der Waals surface area contributed by atoms with Gasteiger partial charge in [-0.25, -0.2) is 13.2 Å². The summed E-state index contributed by atoms with van der Waals surface area (Å²) in [6.45, 7) is 3.31. The first-order chi connectivity index (χ1) is 14.2. The van der Waals surface area contributed by atoms with E-state index in [0.717, 1.165) is 25.5 Å². The largest absolute Gasteiger partial charge is 0.324 e. The Kier molecular flexibility index (Phi) is 6.77. The maximum atomic E-state index is 12.4. The summed E-state index contributed by atoms with van der Waals surface area (Å²) < 4.78 is 24.8. The van der Waals surface area contributed by atoms with Crippen molar-refractivity contribution in [1.82, 2.24) is 10.2 Å². The number of anilines is 1. The van der Waals surface area contributed by atoms with Gasteiger partial charge in [-0.1, -0.05) is 29.8 Å². The summed E-state index contributed by atoms with van der Waals surface area (Å²) in [5, 5.41) is 2.41. The number of imide groups is 1. The van der Waals surface area contributed by atoms with Crippen LogP contribution in [-0.2, 0) is 16.4 Å². The van der Waals surface area contributed by atoms with E-state index in [1.165, 1.54) is 35.4 Å². The Morgan fingerprint density at radius 3 is 2.17 bits per heavy atom. The van der Waals surface area contributed by atoms with Crippen LogP contribution in [0, 0.1) is 12.8 Å². The van der Waals surface area contributed by atoms with Crippen molar-refractivity contribution >= 4 is 27.6 Å². The molecule has 2 aromatic carbocycles. The summed E-state index contributed by atoms with van der Waals surface area (Å²) in [6, 6.07) is 14.1. The summed E-state index contributed by atoms with van der Waals surface area (Å²) in [5.74, 6) is 0.0232. The van der Waals surface area contributed by atoms with E-state index in [0.29, 0.717) is 24.7 Å². The molecule has 30 heavy (non-hydrogen) atoms. The number of benzene rings is 2. The molecule has 0 saturated carbocycles. The fourth-order valence-corrected chi connectivity index (χ4v) is 4.11. The summed E-state index contributed by atoms with van der Waals surface area (Å²) in [5.41, 5.74) is 3.20. The van der Waals surface area contributed by atoms with Gasteiger partial charge in [0.2, 0.25) is 10.0 Å². The normalized spacial score (nSPS) is 14.9. The van der Waals surface area contributed by atoms with E-state index >= 15 is 0 Å². The molecule has 2 aromatic rings. The van der Waals surface area contributed by atoms with Gasteiger partial charge >= 0.3 is 6.03 Å². The van der Waals surface area contributed by atoms with Crippen LogP contribution in [0.15, 0.2) is 48.5 Å². The van der Waals surface area contributed by atoms with Crippen molar-refractivity contribution in [3.63, 3.8) is 0 Å². The van der Waals surface area contributed by atoms with Gasteiger partial charge in [0.15, 0.2) is 0 Å².